The highest BCUT2D eigenvalue weighted by Crippen LogP contribution is 2.39. The van der Waals surface area contributed by atoms with E-state index >= 15 is 0 Å². The third-order valence-corrected chi connectivity index (χ3v) is 7.62. The molecule has 0 atom stereocenters. The highest BCUT2D eigenvalue weighted by molar-refractivity contribution is 7.90. The molecular formula is C23H20ClN3O4S2. The number of carbonyl (C=O) groups is 1. The molecule has 0 aliphatic heterocycles. The van der Waals surface area contributed by atoms with Crippen molar-refractivity contribution in [1.82, 2.24) is 9.97 Å². The van der Waals surface area contributed by atoms with Crippen LogP contribution in [-0.2, 0) is 27.6 Å². The van der Waals surface area contributed by atoms with Crippen LogP contribution in [0.3, 0.4) is 0 Å². The van der Waals surface area contributed by atoms with E-state index in [4.69, 9.17) is 16.3 Å². The Hall–Kier alpha value is -3.01. The van der Waals surface area contributed by atoms with Gasteiger partial charge in [0.25, 0.3) is 0 Å². The van der Waals surface area contributed by atoms with Crippen LogP contribution in [0, 0.1) is 0 Å². The number of nitrogens with zero attached hydrogens (tertiary/aromatic N) is 3. The maximum absolute atomic E-state index is 13.4. The van der Waals surface area contributed by atoms with Crippen LogP contribution in [-0.4, -0.2) is 37.7 Å². The van der Waals surface area contributed by atoms with Gasteiger partial charge < -0.3 is 4.74 Å². The molecule has 10 heteroatoms. The normalized spacial score (nSPS) is 11.5. The van der Waals surface area contributed by atoms with Crippen molar-refractivity contribution in [3.8, 4) is 5.75 Å². The molecule has 170 valence electrons. The fourth-order valence-electron chi connectivity index (χ4n) is 3.26. The molecule has 0 aliphatic rings. The van der Waals surface area contributed by atoms with E-state index in [1.165, 1.54) is 23.5 Å². The van der Waals surface area contributed by atoms with Crippen LogP contribution in [0.15, 0.2) is 65.7 Å². The molecular weight excluding hydrogens is 482 g/mol. The van der Waals surface area contributed by atoms with E-state index < -0.39 is 9.84 Å². The molecule has 2 heterocycles. The zero-order valence-corrected chi connectivity index (χ0v) is 20.2. The Morgan fingerprint density at radius 2 is 1.88 bits per heavy atom. The van der Waals surface area contributed by atoms with E-state index in [-0.39, 0.29) is 23.8 Å². The molecule has 0 saturated carbocycles. The van der Waals surface area contributed by atoms with Crippen molar-refractivity contribution in [1.29, 1.82) is 0 Å². The van der Waals surface area contributed by atoms with Gasteiger partial charge in [0, 0.05) is 12.5 Å². The van der Waals surface area contributed by atoms with Gasteiger partial charge in [0.15, 0.2) is 15.0 Å². The van der Waals surface area contributed by atoms with E-state index in [0.29, 0.717) is 32.7 Å². The number of anilines is 1. The SMILES string of the molecule is COc1ccc(Cl)c2sc(N(Cc3ccccn3)C(=O)Cc3ccc(S(C)(=O)=O)cc3)nc12. The number of carbonyl (C=O) groups excluding carboxylic acids is 1. The molecule has 0 fully saturated rings. The highest BCUT2D eigenvalue weighted by atomic mass is 35.5. The van der Waals surface area contributed by atoms with Gasteiger partial charge in [0.2, 0.25) is 5.91 Å². The van der Waals surface area contributed by atoms with Gasteiger partial charge in [0.05, 0.1) is 40.4 Å². The summed E-state index contributed by atoms with van der Waals surface area (Å²) < 4.78 is 29.6. The molecule has 4 aromatic rings. The number of amides is 1. The summed E-state index contributed by atoms with van der Waals surface area (Å²) in [5, 5.41) is 0.996. The number of hydrogen-bond acceptors (Lipinski definition) is 7. The van der Waals surface area contributed by atoms with Gasteiger partial charge in [0.1, 0.15) is 11.3 Å². The number of methoxy groups -OCH3 is 1. The average Bonchev–Trinajstić information content (AvgIpc) is 3.24. The lowest BCUT2D eigenvalue weighted by molar-refractivity contribution is -0.118. The van der Waals surface area contributed by atoms with Crippen LogP contribution in [0.1, 0.15) is 11.3 Å². The van der Waals surface area contributed by atoms with Crippen LogP contribution in [0.25, 0.3) is 10.2 Å². The zero-order valence-electron chi connectivity index (χ0n) is 17.9. The first kappa shape index (κ1) is 23.2. The Kier molecular flexibility index (Phi) is 6.64. The second-order valence-electron chi connectivity index (χ2n) is 7.32. The average molecular weight is 502 g/mol. The van der Waals surface area contributed by atoms with Crippen molar-refractivity contribution in [3.05, 3.63) is 77.1 Å². The minimum Gasteiger partial charge on any atom is -0.494 e. The summed E-state index contributed by atoms with van der Waals surface area (Å²) in [4.78, 5) is 24.2. The summed E-state index contributed by atoms with van der Waals surface area (Å²) in [6.45, 7) is 0.223. The monoisotopic (exact) mass is 501 g/mol. The lowest BCUT2D eigenvalue weighted by atomic mass is 10.1. The fraction of sp³-hybridized carbons (Fsp3) is 0.174. The summed E-state index contributed by atoms with van der Waals surface area (Å²) in [6, 6.07) is 15.3. The summed E-state index contributed by atoms with van der Waals surface area (Å²) >= 11 is 7.68. The molecule has 0 spiro atoms. The molecule has 4 rings (SSSR count). The third-order valence-electron chi connectivity index (χ3n) is 4.95. The van der Waals surface area contributed by atoms with Crippen LogP contribution >= 0.6 is 22.9 Å². The Balaban J connectivity index is 1.70. The van der Waals surface area contributed by atoms with Crippen molar-refractivity contribution in [3.63, 3.8) is 0 Å². The van der Waals surface area contributed by atoms with Gasteiger partial charge >= 0.3 is 0 Å². The Morgan fingerprint density at radius 3 is 2.52 bits per heavy atom. The lowest BCUT2D eigenvalue weighted by Gasteiger charge is -2.19. The Labute approximate surface area is 200 Å². The summed E-state index contributed by atoms with van der Waals surface area (Å²) in [5.74, 6) is 0.361. The quantitative estimate of drug-likeness (QED) is 0.369. The molecule has 0 N–H and O–H groups in total. The number of halogens is 1. The molecule has 0 radical (unpaired) electrons. The van der Waals surface area contributed by atoms with Gasteiger partial charge in [-0.2, -0.15) is 0 Å². The smallest absolute Gasteiger partial charge is 0.233 e. The third kappa shape index (κ3) is 5.16. The predicted molar refractivity (Wildman–Crippen MR) is 130 cm³/mol. The van der Waals surface area contributed by atoms with E-state index in [9.17, 15) is 13.2 Å². The summed E-state index contributed by atoms with van der Waals surface area (Å²) in [7, 11) is -1.76. The van der Waals surface area contributed by atoms with Crippen molar-refractivity contribution < 1.29 is 17.9 Å². The number of thiazole rings is 1. The fourth-order valence-corrected chi connectivity index (χ4v) is 5.17. The van der Waals surface area contributed by atoms with Crippen LogP contribution in [0.4, 0.5) is 5.13 Å². The number of ether oxygens (including phenoxy) is 1. The molecule has 33 heavy (non-hydrogen) atoms. The zero-order chi connectivity index (χ0) is 23.6. The lowest BCUT2D eigenvalue weighted by Crippen LogP contribution is -2.32. The Morgan fingerprint density at radius 1 is 1.12 bits per heavy atom. The summed E-state index contributed by atoms with van der Waals surface area (Å²) in [6.07, 6.45) is 2.88. The first-order valence-corrected chi connectivity index (χ1v) is 13.0. The predicted octanol–water partition coefficient (Wildman–Crippen LogP) is 4.53. The molecule has 0 saturated heterocycles. The van der Waals surface area contributed by atoms with E-state index in [2.05, 4.69) is 9.97 Å². The van der Waals surface area contributed by atoms with Gasteiger partial charge in [-0.1, -0.05) is 41.1 Å². The highest BCUT2D eigenvalue weighted by Gasteiger charge is 2.23. The number of sulfone groups is 1. The second kappa shape index (κ2) is 9.46. The molecule has 2 aromatic carbocycles. The minimum atomic E-state index is -3.31. The molecule has 7 nitrogen and oxygen atoms in total. The van der Waals surface area contributed by atoms with E-state index in [1.807, 2.05) is 12.1 Å². The standard InChI is InChI=1S/C23H20ClN3O4S2/c1-31-19-11-10-18(24)22-21(19)26-23(32-22)27(14-16-5-3-4-12-25-16)20(28)13-15-6-8-17(9-7-15)33(2,29)30/h3-12H,13-14H2,1-2H3. The Bertz CT molecular complexity index is 1410. The largest absolute Gasteiger partial charge is 0.494 e. The van der Waals surface area contributed by atoms with Gasteiger partial charge in [-0.15, -0.1) is 0 Å². The number of hydrogen-bond donors (Lipinski definition) is 0. The summed E-state index contributed by atoms with van der Waals surface area (Å²) in [5.41, 5.74) is 1.98. The maximum Gasteiger partial charge on any atom is 0.233 e. The van der Waals surface area contributed by atoms with E-state index in [0.717, 1.165) is 11.0 Å². The van der Waals surface area contributed by atoms with E-state index in [1.54, 1.807) is 48.5 Å². The topological polar surface area (TPSA) is 89.5 Å². The molecule has 0 aliphatic carbocycles. The number of fused-ring (bicyclic) bond motifs is 1. The van der Waals surface area contributed by atoms with Gasteiger partial charge in [-0.25, -0.2) is 13.4 Å². The van der Waals surface area contributed by atoms with Gasteiger partial charge in [-0.3, -0.25) is 14.7 Å². The van der Waals surface area contributed by atoms with Crippen LogP contribution in [0.5, 0.6) is 5.75 Å². The second-order valence-corrected chi connectivity index (χ2v) is 10.7. The molecule has 1 amide bonds. The number of rotatable bonds is 7. The van der Waals surface area contributed by atoms with Crippen LogP contribution < -0.4 is 9.64 Å². The maximum atomic E-state index is 13.4. The van der Waals surface area contributed by atoms with Crippen molar-refractivity contribution in [2.24, 2.45) is 0 Å². The number of aromatic nitrogens is 2. The molecule has 0 bridgehead atoms. The van der Waals surface area contributed by atoms with Crippen molar-refractivity contribution in [2.75, 3.05) is 18.3 Å². The van der Waals surface area contributed by atoms with Crippen LogP contribution in [0.2, 0.25) is 5.02 Å². The minimum absolute atomic E-state index is 0.0671. The van der Waals surface area contributed by atoms with Crippen molar-refractivity contribution >= 4 is 54.0 Å². The number of benzene rings is 2. The number of pyridine rings is 1. The van der Waals surface area contributed by atoms with Crippen molar-refractivity contribution in [2.45, 2.75) is 17.9 Å². The van der Waals surface area contributed by atoms with Gasteiger partial charge in [-0.05, 0) is 42.0 Å². The first-order chi connectivity index (χ1) is 15.8. The molecule has 2 aromatic heterocycles. The first-order valence-electron chi connectivity index (χ1n) is 9.88. The molecule has 0 unspecified atom stereocenters.